The number of likely N-dealkylation sites (N-methyl/N-ethyl adjacent to an activating group) is 1. The summed E-state index contributed by atoms with van der Waals surface area (Å²) in [6.45, 7) is 1.80. The number of hydrogen-bond acceptors (Lipinski definition) is 8. The van der Waals surface area contributed by atoms with Gasteiger partial charge in [-0.15, -0.1) is 0 Å². The lowest BCUT2D eigenvalue weighted by molar-refractivity contribution is 0.228. The van der Waals surface area contributed by atoms with Crippen LogP contribution >= 0.6 is 0 Å². The van der Waals surface area contributed by atoms with Gasteiger partial charge in [0.1, 0.15) is 5.75 Å². The smallest absolute Gasteiger partial charge is 0.169 e. The van der Waals surface area contributed by atoms with E-state index in [4.69, 9.17) is 18.9 Å². The van der Waals surface area contributed by atoms with E-state index in [-0.39, 0.29) is 23.6 Å². The molecule has 6 rings (SSSR count). The number of ether oxygens (including phenoxy) is 4. The molecule has 4 aromatic rings. The lowest BCUT2D eigenvalue weighted by Crippen LogP contribution is -2.33. The Morgan fingerprint density at radius 1 is 0.705 bits per heavy atom. The van der Waals surface area contributed by atoms with Crippen molar-refractivity contribution in [3.63, 3.8) is 0 Å². The van der Waals surface area contributed by atoms with Crippen molar-refractivity contribution in [2.75, 3.05) is 41.5 Å². The van der Waals surface area contributed by atoms with Gasteiger partial charge in [0.2, 0.25) is 0 Å². The molecular weight excluding hydrogens is 556 g/mol. The second-order valence-corrected chi connectivity index (χ2v) is 11.6. The number of benzene rings is 4. The number of methoxy groups -OCH3 is 3. The molecule has 0 aliphatic carbocycles. The zero-order valence-corrected chi connectivity index (χ0v) is 25.7. The number of phenols is 2. The van der Waals surface area contributed by atoms with E-state index in [9.17, 15) is 10.2 Å². The highest BCUT2D eigenvalue weighted by Gasteiger charge is 2.27. The molecule has 230 valence electrons. The van der Waals surface area contributed by atoms with Gasteiger partial charge in [0.05, 0.1) is 21.3 Å². The fourth-order valence-corrected chi connectivity index (χ4v) is 6.48. The van der Waals surface area contributed by atoms with E-state index in [1.54, 1.807) is 21.3 Å². The summed E-state index contributed by atoms with van der Waals surface area (Å²) >= 11 is 0. The van der Waals surface area contributed by atoms with Crippen LogP contribution in [0.1, 0.15) is 45.5 Å². The van der Waals surface area contributed by atoms with Crippen LogP contribution in [0.15, 0.2) is 66.7 Å². The third-order valence-electron chi connectivity index (χ3n) is 8.91. The highest BCUT2D eigenvalue weighted by Crippen LogP contribution is 2.40. The number of fused-ring (bicyclic) bond motifs is 2. The van der Waals surface area contributed by atoms with Gasteiger partial charge in [-0.1, -0.05) is 18.2 Å². The summed E-state index contributed by atoms with van der Waals surface area (Å²) in [4.78, 5) is 2.34. The molecule has 0 radical (unpaired) electrons. The Morgan fingerprint density at radius 3 is 2.02 bits per heavy atom. The van der Waals surface area contributed by atoms with Gasteiger partial charge in [0.25, 0.3) is 0 Å². The Morgan fingerprint density at radius 2 is 1.34 bits per heavy atom. The van der Waals surface area contributed by atoms with Crippen LogP contribution in [0.4, 0.5) is 0 Å². The molecule has 0 saturated heterocycles. The van der Waals surface area contributed by atoms with E-state index in [2.05, 4.69) is 35.5 Å². The number of aromatic hydroxyl groups is 2. The first-order chi connectivity index (χ1) is 21.4. The molecule has 0 amide bonds. The minimum Gasteiger partial charge on any atom is -0.504 e. The van der Waals surface area contributed by atoms with Crippen LogP contribution in [-0.4, -0.2) is 56.6 Å². The third kappa shape index (κ3) is 6.00. The molecule has 2 atom stereocenters. The Hall–Kier alpha value is -4.40. The quantitative estimate of drug-likeness (QED) is 0.213. The zero-order valence-electron chi connectivity index (χ0n) is 25.7. The first-order valence-corrected chi connectivity index (χ1v) is 15.0. The lowest BCUT2D eigenvalue weighted by Gasteiger charge is -2.35. The van der Waals surface area contributed by atoms with Crippen molar-refractivity contribution in [3.05, 3.63) is 100 Å². The molecule has 0 aromatic heterocycles. The first-order valence-electron chi connectivity index (χ1n) is 15.0. The van der Waals surface area contributed by atoms with Crippen LogP contribution in [0.5, 0.6) is 40.2 Å². The predicted molar refractivity (Wildman–Crippen MR) is 170 cm³/mol. The van der Waals surface area contributed by atoms with E-state index in [1.165, 1.54) is 16.7 Å². The van der Waals surface area contributed by atoms with Crippen molar-refractivity contribution in [1.29, 1.82) is 0 Å². The van der Waals surface area contributed by atoms with E-state index < -0.39 is 0 Å². The molecule has 0 unspecified atom stereocenters. The summed E-state index contributed by atoms with van der Waals surface area (Å²) in [7, 11) is 6.94. The van der Waals surface area contributed by atoms with Crippen LogP contribution < -0.4 is 24.3 Å². The average molecular weight is 597 g/mol. The highest BCUT2D eigenvalue weighted by molar-refractivity contribution is 5.51. The molecular formula is C36H40N2O6. The van der Waals surface area contributed by atoms with Crippen molar-refractivity contribution in [3.8, 4) is 40.2 Å². The first kappa shape index (κ1) is 29.7. The zero-order chi connectivity index (χ0) is 30.8. The minimum absolute atomic E-state index is 0.0575. The van der Waals surface area contributed by atoms with Crippen LogP contribution in [-0.2, 0) is 25.7 Å². The van der Waals surface area contributed by atoms with Gasteiger partial charge in [0.15, 0.2) is 34.5 Å². The molecule has 0 saturated carbocycles. The normalized spacial score (nSPS) is 17.8. The van der Waals surface area contributed by atoms with Crippen LogP contribution in [0.3, 0.4) is 0 Å². The van der Waals surface area contributed by atoms with Gasteiger partial charge in [-0.25, -0.2) is 0 Å². The topological polar surface area (TPSA) is 92.7 Å². The van der Waals surface area contributed by atoms with Crippen molar-refractivity contribution < 1.29 is 29.2 Å². The number of phenolic OH excluding ortho intramolecular Hbond substituents is 2. The van der Waals surface area contributed by atoms with Gasteiger partial charge in [-0.05, 0) is 121 Å². The second kappa shape index (κ2) is 12.7. The fourth-order valence-electron chi connectivity index (χ4n) is 6.48. The molecule has 3 N–H and O–H groups in total. The minimum atomic E-state index is 0.0575. The van der Waals surface area contributed by atoms with Crippen molar-refractivity contribution >= 4 is 0 Å². The van der Waals surface area contributed by atoms with Crippen LogP contribution in [0, 0.1) is 0 Å². The Labute approximate surface area is 258 Å². The Bertz CT molecular complexity index is 1640. The average Bonchev–Trinajstić information content (AvgIpc) is 3.03. The SMILES string of the molecule is COc1cc2c(cc1O)[C@H](Cc1ccc(OC)c(Oc3ccc(C[C@H]4c5cc(O)c(OC)cc5CCN4C)cc3)c1)NCC2. The summed E-state index contributed by atoms with van der Waals surface area (Å²) in [5.41, 5.74) is 6.91. The molecule has 8 heteroatoms. The lowest BCUT2D eigenvalue weighted by atomic mass is 9.88. The molecule has 2 heterocycles. The Balaban J connectivity index is 1.18. The van der Waals surface area contributed by atoms with Gasteiger partial charge in [-0.2, -0.15) is 0 Å². The number of nitrogens with zero attached hydrogens (tertiary/aromatic N) is 1. The fraction of sp³-hybridized carbons (Fsp3) is 0.333. The molecule has 8 nitrogen and oxygen atoms in total. The molecule has 2 aliphatic heterocycles. The van der Waals surface area contributed by atoms with Gasteiger partial charge >= 0.3 is 0 Å². The van der Waals surface area contributed by atoms with Gasteiger partial charge in [0, 0.05) is 18.6 Å². The van der Waals surface area contributed by atoms with Gasteiger partial charge < -0.3 is 34.5 Å². The van der Waals surface area contributed by atoms with E-state index in [1.807, 2.05) is 48.5 Å². The third-order valence-corrected chi connectivity index (χ3v) is 8.91. The van der Waals surface area contributed by atoms with Crippen molar-refractivity contribution in [1.82, 2.24) is 10.2 Å². The van der Waals surface area contributed by atoms with E-state index in [0.29, 0.717) is 23.0 Å². The summed E-state index contributed by atoms with van der Waals surface area (Å²) in [5, 5.41) is 24.5. The van der Waals surface area contributed by atoms with Gasteiger partial charge in [-0.3, -0.25) is 4.90 Å². The molecule has 0 spiro atoms. The van der Waals surface area contributed by atoms with Crippen molar-refractivity contribution in [2.45, 2.75) is 37.8 Å². The monoisotopic (exact) mass is 596 g/mol. The maximum atomic E-state index is 10.5. The molecule has 0 fully saturated rings. The molecule has 0 bridgehead atoms. The number of hydrogen-bond donors (Lipinski definition) is 3. The molecule has 4 aromatic carbocycles. The highest BCUT2D eigenvalue weighted by atomic mass is 16.5. The van der Waals surface area contributed by atoms with Crippen LogP contribution in [0.25, 0.3) is 0 Å². The van der Waals surface area contributed by atoms with E-state index in [0.717, 1.165) is 61.2 Å². The second-order valence-electron chi connectivity index (χ2n) is 11.6. The summed E-state index contributed by atoms with van der Waals surface area (Å²) in [6.07, 6.45) is 3.35. The standard InChI is InChI=1S/C36H40N2O6/c1-38-14-12-25-19-35(43-4)32(40)21-28(25)30(38)16-22-5-8-26(9-6-22)44-36-17-23(7-10-33(36)41-2)15-29-27-20-31(39)34(42-3)18-24(27)11-13-37-29/h5-10,17-21,29-30,37,39-40H,11-16H2,1-4H3/t29-,30-/m0/s1. The summed E-state index contributed by atoms with van der Waals surface area (Å²) in [5.74, 6) is 3.39. The molecule has 2 aliphatic rings. The maximum Gasteiger partial charge on any atom is 0.169 e. The largest absolute Gasteiger partial charge is 0.504 e. The summed E-state index contributed by atoms with van der Waals surface area (Å²) < 4.78 is 22.6. The molecule has 44 heavy (non-hydrogen) atoms. The summed E-state index contributed by atoms with van der Waals surface area (Å²) in [6, 6.07) is 22.0. The Kier molecular flexibility index (Phi) is 8.55. The number of nitrogens with one attached hydrogen (secondary N) is 1. The maximum absolute atomic E-state index is 10.5. The van der Waals surface area contributed by atoms with Crippen LogP contribution in [0.2, 0.25) is 0 Å². The van der Waals surface area contributed by atoms with E-state index >= 15 is 0 Å². The number of rotatable bonds is 9. The predicted octanol–water partition coefficient (Wildman–Crippen LogP) is 6.12. The van der Waals surface area contributed by atoms with Crippen molar-refractivity contribution in [2.24, 2.45) is 0 Å².